The second kappa shape index (κ2) is 6.42. The summed E-state index contributed by atoms with van der Waals surface area (Å²) in [7, 11) is -1.02. The molecule has 0 aliphatic heterocycles. The van der Waals surface area contributed by atoms with Gasteiger partial charge < -0.3 is 10.5 Å². The molecule has 1 saturated carbocycles. The van der Waals surface area contributed by atoms with E-state index in [1.807, 2.05) is 19.1 Å². The van der Waals surface area contributed by atoms with Gasteiger partial charge in [0.1, 0.15) is 5.75 Å². The van der Waals surface area contributed by atoms with Crippen LogP contribution in [0, 0.1) is 5.92 Å². The third kappa shape index (κ3) is 3.50. The number of benzene rings is 1. The first-order valence-corrected chi connectivity index (χ1v) is 8.26. The molecular weight excluding hydrogens is 258 g/mol. The van der Waals surface area contributed by atoms with E-state index in [2.05, 4.69) is 6.92 Å². The Morgan fingerprint density at radius 1 is 1.42 bits per heavy atom. The Labute approximate surface area is 118 Å². The number of ether oxygens (including phenoxy) is 1. The molecule has 3 unspecified atom stereocenters. The zero-order valence-corrected chi connectivity index (χ0v) is 12.5. The Morgan fingerprint density at radius 3 is 2.89 bits per heavy atom. The zero-order valence-electron chi connectivity index (χ0n) is 11.7. The van der Waals surface area contributed by atoms with E-state index < -0.39 is 10.8 Å². The van der Waals surface area contributed by atoms with Crippen molar-refractivity contribution in [2.45, 2.75) is 49.7 Å². The largest absolute Gasteiger partial charge is 0.494 e. The molecule has 1 aromatic rings. The Kier molecular flexibility index (Phi) is 4.86. The van der Waals surface area contributed by atoms with E-state index in [1.165, 1.54) is 12.8 Å². The van der Waals surface area contributed by atoms with Crippen LogP contribution in [-0.4, -0.2) is 16.1 Å². The monoisotopic (exact) mass is 281 g/mol. The van der Waals surface area contributed by atoms with Crippen molar-refractivity contribution in [3.05, 3.63) is 18.2 Å². The van der Waals surface area contributed by atoms with Gasteiger partial charge in [-0.1, -0.05) is 19.8 Å². The Bertz CT molecular complexity index is 461. The number of nitrogen functional groups attached to an aromatic ring is 1. The normalized spacial score (nSPS) is 24.9. The predicted molar refractivity (Wildman–Crippen MR) is 79.9 cm³/mol. The highest BCUT2D eigenvalue weighted by atomic mass is 32.2. The third-order valence-corrected chi connectivity index (χ3v) is 5.52. The number of hydrogen-bond acceptors (Lipinski definition) is 3. The molecule has 0 spiro atoms. The molecule has 3 atom stereocenters. The maximum Gasteiger partial charge on any atom is 0.120 e. The third-order valence-electron chi connectivity index (χ3n) is 3.70. The molecule has 1 fully saturated rings. The van der Waals surface area contributed by atoms with Gasteiger partial charge in [0.05, 0.1) is 22.3 Å². The number of hydrogen-bond donors (Lipinski definition) is 1. The summed E-state index contributed by atoms with van der Waals surface area (Å²) in [4.78, 5) is 0.741. The van der Waals surface area contributed by atoms with E-state index in [0.29, 0.717) is 18.2 Å². The minimum absolute atomic E-state index is 0.239. The highest BCUT2D eigenvalue weighted by molar-refractivity contribution is 7.85. The molecule has 0 radical (unpaired) electrons. The average molecular weight is 281 g/mol. The van der Waals surface area contributed by atoms with Crippen molar-refractivity contribution >= 4 is 16.5 Å². The van der Waals surface area contributed by atoms with Gasteiger partial charge in [0.15, 0.2) is 0 Å². The van der Waals surface area contributed by atoms with Gasteiger partial charge >= 0.3 is 0 Å². The molecule has 19 heavy (non-hydrogen) atoms. The summed E-state index contributed by atoms with van der Waals surface area (Å²) < 4.78 is 18.2. The van der Waals surface area contributed by atoms with Crippen LogP contribution in [0.3, 0.4) is 0 Å². The van der Waals surface area contributed by atoms with Crippen LogP contribution in [-0.2, 0) is 10.8 Å². The first-order chi connectivity index (χ1) is 9.11. The Morgan fingerprint density at radius 2 is 2.21 bits per heavy atom. The molecule has 106 valence electrons. The summed E-state index contributed by atoms with van der Waals surface area (Å²) in [6, 6.07) is 5.47. The Hall–Kier alpha value is -1.03. The summed E-state index contributed by atoms with van der Waals surface area (Å²) in [5, 5.41) is 0.239. The molecule has 0 bridgehead atoms. The van der Waals surface area contributed by atoms with Crippen molar-refractivity contribution in [1.82, 2.24) is 0 Å². The fourth-order valence-corrected chi connectivity index (χ4v) is 4.47. The van der Waals surface area contributed by atoms with Gasteiger partial charge in [-0.15, -0.1) is 0 Å². The van der Waals surface area contributed by atoms with Crippen molar-refractivity contribution in [2.24, 2.45) is 5.92 Å². The van der Waals surface area contributed by atoms with Crippen LogP contribution in [0.2, 0.25) is 0 Å². The van der Waals surface area contributed by atoms with E-state index in [1.54, 1.807) is 6.07 Å². The van der Waals surface area contributed by atoms with Crippen LogP contribution in [0.1, 0.15) is 39.5 Å². The number of anilines is 1. The lowest BCUT2D eigenvalue weighted by Gasteiger charge is -2.26. The first kappa shape index (κ1) is 14.4. The highest BCUT2D eigenvalue weighted by Crippen LogP contribution is 2.32. The lowest BCUT2D eigenvalue weighted by atomic mass is 9.91. The molecule has 0 saturated heterocycles. The summed E-state index contributed by atoms with van der Waals surface area (Å²) in [5.41, 5.74) is 6.59. The predicted octanol–water partition coefficient (Wildman–Crippen LogP) is 3.35. The summed E-state index contributed by atoms with van der Waals surface area (Å²) >= 11 is 0. The van der Waals surface area contributed by atoms with E-state index >= 15 is 0 Å². The van der Waals surface area contributed by atoms with Crippen molar-refractivity contribution in [2.75, 3.05) is 12.3 Å². The van der Waals surface area contributed by atoms with Gasteiger partial charge in [0.25, 0.3) is 0 Å². The van der Waals surface area contributed by atoms with Gasteiger partial charge in [-0.25, -0.2) is 0 Å². The summed E-state index contributed by atoms with van der Waals surface area (Å²) in [5.74, 6) is 1.42. The average Bonchev–Trinajstić information content (AvgIpc) is 2.40. The lowest BCUT2D eigenvalue weighted by Crippen LogP contribution is -2.23. The SMILES string of the molecule is CCOc1ccc(N)c(S(=O)C2CCCC(C)C2)c1. The van der Waals surface area contributed by atoms with Crippen LogP contribution < -0.4 is 10.5 Å². The van der Waals surface area contributed by atoms with Crippen molar-refractivity contribution < 1.29 is 8.95 Å². The standard InChI is InChI=1S/C15H23NO2S/c1-3-18-12-7-8-14(16)15(10-12)19(17)13-6-4-5-11(2)9-13/h7-8,10-11,13H,3-6,9,16H2,1-2H3. The fraction of sp³-hybridized carbons (Fsp3) is 0.600. The molecule has 1 aliphatic rings. The molecule has 0 amide bonds. The first-order valence-electron chi connectivity index (χ1n) is 7.04. The lowest BCUT2D eigenvalue weighted by molar-refractivity contribution is 0.339. The molecule has 4 heteroatoms. The molecular formula is C15H23NO2S. The second-order valence-electron chi connectivity index (χ2n) is 5.32. The van der Waals surface area contributed by atoms with Crippen molar-refractivity contribution in [3.8, 4) is 5.75 Å². The zero-order chi connectivity index (χ0) is 13.8. The van der Waals surface area contributed by atoms with Gasteiger partial charge in [0.2, 0.25) is 0 Å². The van der Waals surface area contributed by atoms with Crippen molar-refractivity contribution in [3.63, 3.8) is 0 Å². The van der Waals surface area contributed by atoms with Crippen LogP contribution >= 0.6 is 0 Å². The Balaban J connectivity index is 2.19. The van der Waals surface area contributed by atoms with Crippen LogP contribution in [0.5, 0.6) is 5.75 Å². The molecule has 1 aromatic carbocycles. The van der Waals surface area contributed by atoms with Gasteiger partial charge in [-0.05, 0) is 43.9 Å². The van der Waals surface area contributed by atoms with E-state index in [4.69, 9.17) is 10.5 Å². The number of nitrogens with two attached hydrogens (primary N) is 1. The van der Waals surface area contributed by atoms with E-state index in [0.717, 1.165) is 23.5 Å². The van der Waals surface area contributed by atoms with Gasteiger partial charge in [0, 0.05) is 10.9 Å². The molecule has 2 N–H and O–H groups in total. The highest BCUT2D eigenvalue weighted by Gasteiger charge is 2.26. The quantitative estimate of drug-likeness (QED) is 0.861. The summed E-state index contributed by atoms with van der Waals surface area (Å²) in [6.07, 6.45) is 4.49. The molecule has 0 aromatic heterocycles. The molecule has 0 heterocycles. The maximum absolute atomic E-state index is 12.7. The molecule has 3 nitrogen and oxygen atoms in total. The van der Waals surface area contributed by atoms with Crippen LogP contribution in [0.25, 0.3) is 0 Å². The second-order valence-corrected chi connectivity index (χ2v) is 7.03. The maximum atomic E-state index is 12.7. The fourth-order valence-electron chi connectivity index (χ4n) is 2.70. The van der Waals surface area contributed by atoms with Crippen molar-refractivity contribution in [1.29, 1.82) is 0 Å². The van der Waals surface area contributed by atoms with Crippen LogP contribution in [0.4, 0.5) is 5.69 Å². The smallest absolute Gasteiger partial charge is 0.120 e. The summed E-state index contributed by atoms with van der Waals surface area (Å²) in [6.45, 7) is 4.79. The van der Waals surface area contributed by atoms with E-state index in [9.17, 15) is 4.21 Å². The molecule has 1 aliphatic carbocycles. The van der Waals surface area contributed by atoms with E-state index in [-0.39, 0.29) is 5.25 Å². The minimum atomic E-state index is -1.02. The van der Waals surface area contributed by atoms with Crippen LogP contribution in [0.15, 0.2) is 23.1 Å². The van der Waals surface area contributed by atoms with Gasteiger partial charge in [-0.2, -0.15) is 0 Å². The topological polar surface area (TPSA) is 52.3 Å². The molecule has 2 rings (SSSR count). The number of rotatable bonds is 4. The van der Waals surface area contributed by atoms with Gasteiger partial charge in [-0.3, -0.25) is 4.21 Å². The minimum Gasteiger partial charge on any atom is -0.494 e.